The number of rotatable bonds is 4. The first-order valence-electron chi connectivity index (χ1n) is 8.85. The predicted molar refractivity (Wildman–Crippen MR) is 103 cm³/mol. The van der Waals surface area contributed by atoms with Crippen molar-refractivity contribution in [1.82, 2.24) is 30.1 Å². The molecular formula is C21H13FN6O. The number of pyridine rings is 2. The summed E-state index contributed by atoms with van der Waals surface area (Å²) in [5, 5.41) is 9.07. The van der Waals surface area contributed by atoms with Crippen LogP contribution in [-0.4, -0.2) is 30.1 Å². The molecule has 0 fully saturated rings. The minimum Gasteiger partial charge on any atom is -0.419 e. The van der Waals surface area contributed by atoms with Crippen LogP contribution < -0.4 is 0 Å². The minimum atomic E-state index is -0.288. The van der Waals surface area contributed by atoms with E-state index in [1.807, 2.05) is 12.1 Å². The van der Waals surface area contributed by atoms with Crippen molar-refractivity contribution >= 4 is 10.9 Å². The number of aromatic nitrogens is 6. The summed E-state index contributed by atoms with van der Waals surface area (Å²) in [5.41, 5.74) is 3.36. The molecule has 0 aliphatic carbocycles. The highest BCUT2D eigenvalue weighted by molar-refractivity contribution is 5.93. The highest BCUT2D eigenvalue weighted by Gasteiger charge is 2.16. The average molecular weight is 384 g/mol. The van der Waals surface area contributed by atoms with Crippen LogP contribution in [0.3, 0.4) is 0 Å². The zero-order valence-electron chi connectivity index (χ0n) is 15.0. The van der Waals surface area contributed by atoms with Crippen LogP contribution in [-0.2, 0) is 6.42 Å². The second-order valence-corrected chi connectivity index (χ2v) is 6.32. The van der Waals surface area contributed by atoms with E-state index in [9.17, 15) is 4.39 Å². The van der Waals surface area contributed by atoms with Gasteiger partial charge in [0.2, 0.25) is 5.89 Å². The molecule has 0 atom stereocenters. The summed E-state index contributed by atoms with van der Waals surface area (Å²) < 4.78 is 18.9. The first-order valence-corrected chi connectivity index (χ1v) is 8.85. The summed E-state index contributed by atoms with van der Waals surface area (Å²) in [4.78, 5) is 17.6. The Morgan fingerprint density at radius 2 is 1.79 bits per heavy atom. The molecular weight excluding hydrogens is 371 g/mol. The molecule has 5 rings (SSSR count). The van der Waals surface area contributed by atoms with E-state index in [0.717, 1.165) is 16.5 Å². The average Bonchev–Trinajstić information content (AvgIpc) is 3.24. The van der Waals surface area contributed by atoms with Crippen LogP contribution in [0.15, 0.2) is 71.7 Å². The zero-order chi connectivity index (χ0) is 19.6. The maximum absolute atomic E-state index is 13.1. The fraction of sp³-hybridized carbons (Fsp3) is 0.0476. The Morgan fingerprint density at radius 3 is 2.62 bits per heavy atom. The molecule has 7 nitrogen and oxygen atoms in total. The van der Waals surface area contributed by atoms with Gasteiger partial charge in [-0.25, -0.2) is 9.37 Å². The molecule has 8 heteroatoms. The highest BCUT2D eigenvalue weighted by Crippen LogP contribution is 2.28. The molecule has 0 spiro atoms. The largest absolute Gasteiger partial charge is 0.419 e. The predicted octanol–water partition coefficient (Wildman–Crippen LogP) is 3.87. The van der Waals surface area contributed by atoms with E-state index in [4.69, 9.17) is 4.42 Å². The lowest BCUT2D eigenvalue weighted by molar-refractivity contribution is 0.516. The summed E-state index contributed by atoms with van der Waals surface area (Å²) in [7, 11) is 0. The van der Waals surface area contributed by atoms with Gasteiger partial charge in [0.25, 0.3) is 5.89 Å². The molecule has 0 radical (unpaired) electrons. The van der Waals surface area contributed by atoms with Crippen molar-refractivity contribution in [1.29, 1.82) is 0 Å². The molecule has 0 bridgehead atoms. The molecule has 0 amide bonds. The van der Waals surface area contributed by atoms with Crippen molar-refractivity contribution in [2.75, 3.05) is 0 Å². The van der Waals surface area contributed by atoms with Gasteiger partial charge in [0.05, 0.1) is 18.1 Å². The quantitative estimate of drug-likeness (QED) is 0.464. The van der Waals surface area contributed by atoms with Crippen LogP contribution in [0.1, 0.15) is 11.5 Å². The van der Waals surface area contributed by atoms with Crippen molar-refractivity contribution < 1.29 is 8.81 Å². The van der Waals surface area contributed by atoms with Gasteiger partial charge in [-0.3, -0.25) is 15.0 Å². The normalized spacial score (nSPS) is 11.1. The molecule has 0 unspecified atom stereocenters. The first-order chi connectivity index (χ1) is 14.3. The lowest BCUT2D eigenvalue weighted by Crippen LogP contribution is -1.94. The lowest BCUT2D eigenvalue weighted by atomic mass is 10.1. The van der Waals surface area contributed by atoms with Gasteiger partial charge in [0.1, 0.15) is 22.9 Å². The number of nitrogens with zero attached hydrogens (tertiary/aromatic N) is 6. The maximum Gasteiger partial charge on any atom is 0.266 e. The molecule has 0 aliphatic rings. The van der Waals surface area contributed by atoms with Crippen LogP contribution >= 0.6 is 0 Å². The Labute approximate surface area is 164 Å². The van der Waals surface area contributed by atoms with E-state index >= 15 is 0 Å². The standard InChI is InChI=1S/C21H13FN6O/c22-14-5-3-13(4-6-14)10-19-27-28-21(29-19)17-11-16-15(2-1-7-24-16)20(26-17)18-12-23-8-9-25-18/h1-9,11-12H,10H2. The van der Waals surface area contributed by atoms with E-state index < -0.39 is 0 Å². The molecule has 4 aromatic heterocycles. The van der Waals surface area contributed by atoms with E-state index in [1.54, 1.807) is 43.0 Å². The van der Waals surface area contributed by atoms with Gasteiger partial charge in [-0.05, 0) is 35.9 Å². The minimum absolute atomic E-state index is 0.278. The molecule has 1 aromatic carbocycles. The van der Waals surface area contributed by atoms with Gasteiger partial charge in [0, 0.05) is 24.0 Å². The van der Waals surface area contributed by atoms with Crippen molar-refractivity contribution in [3.05, 3.63) is 84.5 Å². The molecule has 140 valence electrons. The zero-order valence-corrected chi connectivity index (χ0v) is 15.0. The van der Waals surface area contributed by atoms with Gasteiger partial charge < -0.3 is 4.42 Å². The smallest absolute Gasteiger partial charge is 0.266 e. The van der Waals surface area contributed by atoms with E-state index in [-0.39, 0.29) is 11.7 Å². The van der Waals surface area contributed by atoms with Crippen LogP contribution in [0.25, 0.3) is 33.9 Å². The molecule has 0 saturated carbocycles. The van der Waals surface area contributed by atoms with Crippen molar-refractivity contribution in [3.63, 3.8) is 0 Å². The Kier molecular flexibility index (Phi) is 4.21. The Bertz CT molecular complexity index is 1290. The van der Waals surface area contributed by atoms with Crippen molar-refractivity contribution in [2.24, 2.45) is 0 Å². The van der Waals surface area contributed by atoms with Crippen LogP contribution in [0.2, 0.25) is 0 Å². The fourth-order valence-corrected chi connectivity index (χ4v) is 3.01. The van der Waals surface area contributed by atoms with Gasteiger partial charge in [-0.1, -0.05) is 12.1 Å². The monoisotopic (exact) mass is 384 g/mol. The number of fused-ring (bicyclic) bond motifs is 1. The second kappa shape index (κ2) is 7.16. The van der Waals surface area contributed by atoms with Crippen LogP contribution in [0, 0.1) is 5.82 Å². The summed E-state index contributed by atoms with van der Waals surface area (Å²) in [6.45, 7) is 0. The van der Waals surface area contributed by atoms with Crippen molar-refractivity contribution in [3.8, 4) is 23.0 Å². The second-order valence-electron chi connectivity index (χ2n) is 6.32. The molecule has 0 saturated heterocycles. The molecule has 4 heterocycles. The Balaban J connectivity index is 1.55. The molecule has 5 aromatic rings. The third-order valence-corrected chi connectivity index (χ3v) is 4.36. The number of benzene rings is 1. The Hall–Kier alpha value is -4.07. The van der Waals surface area contributed by atoms with Crippen LogP contribution in [0.4, 0.5) is 4.39 Å². The van der Waals surface area contributed by atoms with Gasteiger partial charge in [0.15, 0.2) is 0 Å². The summed E-state index contributed by atoms with van der Waals surface area (Å²) in [6, 6.07) is 11.7. The molecule has 0 N–H and O–H groups in total. The SMILES string of the molecule is Fc1ccc(Cc2nnc(-c3cc4ncccc4c(-c4cnccn4)n3)o2)cc1. The summed E-state index contributed by atoms with van der Waals surface area (Å²) in [5.74, 6) is 0.403. The lowest BCUT2D eigenvalue weighted by Gasteiger charge is -2.06. The van der Waals surface area contributed by atoms with Gasteiger partial charge >= 0.3 is 0 Å². The van der Waals surface area contributed by atoms with Crippen LogP contribution in [0.5, 0.6) is 0 Å². The van der Waals surface area contributed by atoms with Gasteiger partial charge in [-0.15, -0.1) is 10.2 Å². The number of hydrogen-bond donors (Lipinski definition) is 0. The highest BCUT2D eigenvalue weighted by atomic mass is 19.1. The third-order valence-electron chi connectivity index (χ3n) is 4.36. The molecule has 0 aliphatic heterocycles. The summed E-state index contributed by atoms with van der Waals surface area (Å²) >= 11 is 0. The topological polar surface area (TPSA) is 90.5 Å². The number of halogens is 1. The van der Waals surface area contributed by atoms with E-state index in [1.165, 1.54) is 12.1 Å². The van der Waals surface area contributed by atoms with Gasteiger partial charge in [-0.2, -0.15) is 0 Å². The fourth-order valence-electron chi connectivity index (χ4n) is 3.01. The Morgan fingerprint density at radius 1 is 0.897 bits per heavy atom. The maximum atomic E-state index is 13.1. The first kappa shape index (κ1) is 17.1. The molecule has 29 heavy (non-hydrogen) atoms. The van der Waals surface area contributed by atoms with E-state index in [0.29, 0.717) is 29.4 Å². The third kappa shape index (κ3) is 3.43. The van der Waals surface area contributed by atoms with Crippen molar-refractivity contribution in [2.45, 2.75) is 6.42 Å². The van der Waals surface area contributed by atoms with E-state index in [2.05, 4.69) is 30.1 Å². The number of hydrogen-bond acceptors (Lipinski definition) is 7. The summed E-state index contributed by atoms with van der Waals surface area (Å²) in [6.07, 6.45) is 6.97.